The Balaban J connectivity index is 1.92. The quantitative estimate of drug-likeness (QED) is 0.756. The van der Waals surface area contributed by atoms with E-state index in [4.69, 9.17) is 0 Å². The van der Waals surface area contributed by atoms with Gasteiger partial charge in [-0.2, -0.15) is 0 Å². The Kier molecular flexibility index (Phi) is 3.10. The molecule has 2 unspecified atom stereocenters. The third kappa shape index (κ3) is 2.04. The third-order valence-corrected chi connectivity index (χ3v) is 4.06. The molecule has 18 heavy (non-hydrogen) atoms. The zero-order valence-corrected chi connectivity index (χ0v) is 10.7. The number of aliphatic hydroxyl groups excluding tert-OH is 1. The standard InChI is InChI=1S/C15H20N2O/c1-10-13(8-11-9-16-7-6-15(11)18)12-4-2-3-5-14(12)17-10/h2-5,11,15-18H,6-9H2,1H3. The maximum atomic E-state index is 10.1. The van der Waals surface area contributed by atoms with Gasteiger partial charge in [-0.1, -0.05) is 18.2 Å². The van der Waals surface area contributed by atoms with Crippen molar-refractivity contribution in [1.82, 2.24) is 10.3 Å². The van der Waals surface area contributed by atoms with E-state index in [2.05, 4.69) is 41.5 Å². The summed E-state index contributed by atoms with van der Waals surface area (Å²) < 4.78 is 0. The normalized spacial score (nSPS) is 24.6. The molecule has 2 heterocycles. The lowest BCUT2D eigenvalue weighted by atomic mass is 9.89. The largest absolute Gasteiger partial charge is 0.393 e. The van der Waals surface area contributed by atoms with Crippen LogP contribution in [0.25, 0.3) is 10.9 Å². The topological polar surface area (TPSA) is 48.0 Å². The van der Waals surface area contributed by atoms with Crippen molar-refractivity contribution < 1.29 is 5.11 Å². The number of hydrogen-bond acceptors (Lipinski definition) is 2. The number of aryl methyl sites for hydroxylation is 1. The van der Waals surface area contributed by atoms with E-state index >= 15 is 0 Å². The minimum atomic E-state index is -0.167. The summed E-state index contributed by atoms with van der Waals surface area (Å²) in [6.45, 7) is 3.97. The molecule has 2 aromatic rings. The summed E-state index contributed by atoms with van der Waals surface area (Å²) in [5.41, 5.74) is 3.79. The third-order valence-electron chi connectivity index (χ3n) is 4.06. The smallest absolute Gasteiger partial charge is 0.0595 e. The molecule has 3 heteroatoms. The highest BCUT2D eigenvalue weighted by atomic mass is 16.3. The van der Waals surface area contributed by atoms with Crippen molar-refractivity contribution in [2.45, 2.75) is 25.9 Å². The fourth-order valence-corrected chi connectivity index (χ4v) is 2.98. The zero-order chi connectivity index (χ0) is 12.5. The van der Waals surface area contributed by atoms with Gasteiger partial charge >= 0.3 is 0 Å². The van der Waals surface area contributed by atoms with Crippen LogP contribution in [0.3, 0.4) is 0 Å². The first-order chi connectivity index (χ1) is 8.75. The highest BCUT2D eigenvalue weighted by Crippen LogP contribution is 2.26. The predicted octanol–water partition coefficient (Wildman–Crippen LogP) is 1.99. The van der Waals surface area contributed by atoms with E-state index in [0.717, 1.165) is 25.9 Å². The molecule has 3 rings (SSSR count). The van der Waals surface area contributed by atoms with Gasteiger partial charge in [-0.25, -0.2) is 0 Å². The summed E-state index contributed by atoms with van der Waals surface area (Å²) in [6.07, 6.45) is 1.65. The second-order valence-electron chi connectivity index (χ2n) is 5.30. The Hall–Kier alpha value is -1.32. The second-order valence-corrected chi connectivity index (χ2v) is 5.30. The van der Waals surface area contributed by atoms with Gasteiger partial charge in [0.05, 0.1) is 6.10 Å². The van der Waals surface area contributed by atoms with E-state index in [9.17, 15) is 5.11 Å². The number of H-pyrrole nitrogens is 1. The number of fused-ring (bicyclic) bond motifs is 1. The Morgan fingerprint density at radius 1 is 1.33 bits per heavy atom. The molecule has 1 aliphatic heterocycles. The molecule has 1 saturated heterocycles. The van der Waals surface area contributed by atoms with Gasteiger partial charge in [0.1, 0.15) is 0 Å². The van der Waals surface area contributed by atoms with Gasteiger partial charge in [-0.05, 0) is 37.9 Å². The lowest BCUT2D eigenvalue weighted by molar-refractivity contribution is 0.0792. The van der Waals surface area contributed by atoms with Crippen molar-refractivity contribution in [3.8, 4) is 0 Å². The first kappa shape index (κ1) is 11.8. The van der Waals surface area contributed by atoms with Crippen molar-refractivity contribution >= 4 is 10.9 Å². The van der Waals surface area contributed by atoms with Crippen LogP contribution in [0.1, 0.15) is 17.7 Å². The minimum absolute atomic E-state index is 0.167. The number of aromatic amines is 1. The van der Waals surface area contributed by atoms with Crippen LogP contribution in [0.15, 0.2) is 24.3 Å². The van der Waals surface area contributed by atoms with Gasteiger partial charge in [0, 0.05) is 29.1 Å². The number of piperidine rings is 1. The zero-order valence-electron chi connectivity index (χ0n) is 10.7. The molecular weight excluding hydrogens is 224 g/mol. The molecule has 0 spiro atoms. The average molecular weight is 244 g/mol. The van der Waals surface area contributed by atoms with Crippen molar-refractivity contribution in [3.63, 3.8) is 0 Å². The number of aliphatic hydroxyl groups is 1. The number of nitrogens with one attached hydrogen (secondary N) is 2. The van der Waals surface area contributed by atoms with Crippen LogP contribution in [0.2, 0.25) is 0 Å². The Labute approximate surface area is 107 Å². The molecule has 3 nitrogen and oxygen atoms in total. The van der Waals surface area contributed by atoms with E-state index in [1.165, 1.54) is 22.2 Å². The molecule has 1 fully saturated rings. The summed E-state index contributed by atoms with van der Waals surface area (Å²) in [5, 5.41) is 14.8. The Morgan fingerprint density at radius 3 is 3.00 bits per heavy atom. The van der Waals surface area contributed by atoms with Crippen LogP contribution in [-0.4, -0.2) is 29.3 Å². The van der Waals surface area contributed by atoms with E-state index in [1.54, 1.807) is 0 Å². The number of hydrogen-bond donors (Lipinski definition) is 3. The van der Waals surface area contributed by atoms with Crippen molar-refractivity contribution in [2.75, 3.05) is 13.1 Å². The molecule has 0 radical (unpaired) electrons. The molecule has 0 amide bonds. The van der Waals surface area contributed by atoms with Gasteiger partial charge in [-0.3, -0.25) is 0 Å². The van der Waals surface area contributed by atoms with E-state index in [0.29, 0.717) is 5.92 Å². The van der Waals surface area contributed by atoms with Gasteiger partial charge in [0.15, 0.2) is 0 Å². The van der Waals surface area contributed by atoms with Crippen LogP contribution in [0.5, 0.6) is 0 Å². The lowest BCUT2D eigenvalue weighted by Crippen LogP contribution is -2.40. The molecule has 2 atom stereocenters. The Morgan fingerprint density at radius 2 is 2.17 bits per heavy atom. The summed E-state index contributed by atoms with van der Waals surface area (Å²) in [6, 6.07) is 8.41. The fourth-order valence-electron chi connectivity index (χ4n) is 2.98. The second kappa shape index (κ2) is 4.75. The van der Waals surface area contributed by atoms with Gasteiger partial charge in [-0.15, -0.1) is 0 Å². The molecule has 0 aliphatic carbocycles. The van der Waals surface area contributed by atoms with E-state index in [-0.39, 0.29) is 6.10 Å². The first-order valence-corrected chi connectivity index (χ1v) is 6.70. The van der Waals surface area contributed by atoms with Crippen LogP contribution in [-0.2, 0) is 6.42 Å². The Bertz CT molecular complexity index is 546. The summed E-state index contributed by atoms with van der Waals surface area (Å²) in [7, 11) is 0. The molecule has 1 aromatic heterocycles. The number of para-hydroxylation sites is 1. The highest BCUT2D eigenvalue weighted by molar-refractivity contribution is 5.84. The highest BCUT2D eigenvalue weighted by Gasteiger charge is 2.24. The molecule has 0 saturated carbocycles. The summed E-state index contributed by atoms with van der Waals surface area (Å²) >= 11 is 0. The summed E-state index contributed by atoms with van der Waals surface area (Å²) in [4.78, 5) is 3.43. The van der Waals surface area contributed by atoms with E-state index in [1.807, 2.05) is 0 Å². The van der Waals surface area contributed by atoms with Gasteiger partial charge < -0.3 is 15.4 Å². The van der Waals surface area contributed by atoms with Crippen LogP contribution < -0.4 is 5.32 Å². The van der Waals surface area contributed by atoms with Crippen LogP contribution >= 0.6 is 0 Å². The van der Waals surface area contributed by atoms with Crippen molar-refractivity contribution in [1.29, 1.82) is 0 Å². The van der Waals surface area contributed by atoms with Crippen LogP contribution in [0, 0.1) is 12.8 Å². The average Bonchev–Trinajstić information content (AvgIpc) is 2.69. The summed E-state index contributed by atoms with van der Waals surface area (Å²) in [5.74, 6) is 0.330. The number of aromatic nitrogens is 1. The maximum Gasteiger partial charge on any atom is 0.0595 e. The molecule has 96 valence electrons. The molecule has 1 aromatic carbocycles. The predicted molar refractivity (Wildman–Crippen MR) is 73.7 cm³/mol. The van der Waals surface area contributed by atoms with E-state index < -0.39 is 0 Å². The van der Waals surface area contributed by atoms with Gasteiger partial charge in [0.2, 0.25) is 0 Å². The van der Waals surface area contributed by atoms with Crippen LogP contribution in [0.4, 0.5) is 0 Å². The molecular formula is C15H20N2O. The SMILES string of the molecule is Cc1[nH]c2ccccc2c1CC1CNCCC1O. The molecule has 0 bridgehead atoms. The lowest BCUT2D eigenvalue weighted by Gasteiger charge is -2.28. The number of benzene rings is 1. The minimum Gasteiger partial charge on any atom is -0.393 e. The molecule has 3 N–H and O–H groups in total. The maximum absolute atomic E-state index is 10.1. The fraction of sp³-hybridized carbons (Fsp3) is 0.467. The number of rotatable bonds is 2. The monoisotopic (exact) mass is 244 g/mol. The van der Waals surface area contributed by atoms with Crippen molar-refractivity contribution in [3.05, 3.63) is 35.5 Å². The van der Waals surface area contributed by atoms with Crippen molar-refractivity contribution in [2.24, 2.45) is 5.92 Å². The van der Waals surface area contributed by atoms with Gasteiger partial charge in [0.25, 0.3) is 0 Å². The first-order valence-electron chi connectivity index (χ1n) is 6.70. The molecule has 1 aliphatic rings.